The maximum Gasteiger partial charge on any atom is 0.248 e. The third kappa shape index (κ3) is 2.69. The number of ether oxygens (including phenoxy) is 1. The summed E-state index contributed by atoms with van der Waals surface area (Å²) in [5.74, 6) is -0.202. The molecule has 0 aromatic heterocycles. The molecule has 14 heavy (non-hydrogen) atoms. The summed E-state index contributed by atoms with van der Waals surface area (Å²) in [6.07, 6.45) is 1.18. The summed E-state index contributed by atoms with van der Waals surface area (Å²) >= 11 is 0. The van der Waals surface area contributed by atoms with E-state index in [0.717, 1.165) is 6.42 Å². The Labute approximate surface area is 84.8 Å². The summed E-state index contributed by atoms with van der Waals surface area (Å²) < 4.78 is 5.63. The lowest BCUT2D eigenvalue weighted by Crippen LogP contribution is -2.36. The van der Waals surface area contributed by atoms with E-state index in [1.54, 1.807) is 4.90 Å². The van der Waals surface area contributed by atoms with Gasteiger partial charge in [-0.25, -0.2) is 0 Å². The third-order valence-corrected chi connectivity index (χ3v) is 2.46. The topological polar surface area (TPSA) is 49.8 Å². The van der Waals surface area contributed by atoms with E-state index < -0.39 is 6.61 Å². The largest absolute Gasteiger partial charge is 0.387 e. The smallest absolute Gasteiger partial charge is 0.248 e. The van der Waals surface area contributed by atoms with Crippen molar-refractivity contribution in [2.75, 3.05) is 13.2 Å². The van der Waals surface area contributed by atoms with Crippen molar-refractivity contribution in [1.82, 2.24) is 4.90 Å². The first kappa shape index (κ1) is 11.5. The number of rotatable bonds is 3. The minimum Gasteiger partial charge on any atom is -0.387 e. The molecule has 0 bridgehead atoms. The van der Waals surface area contributed by atoms with E-state index in [1.165, 1.54) is 0 Å². The van der Waals surface area contributed by atoms with Crippen LogP contribution in [0, 0.1) is 0 Å². The Morgan fingerprint density at radius 1 is 1.64 bits per heavy atom. The summed E-state index contributed by atoms with van der Waals surface area (Å²) in [4.78, 5) is 13.0. The highest BCUT2D eigenvalue weighted by molar-refractivity contribution is 5.77. The Kier molecular flexibility index (Phi) is 3.89. The quantitative estimate of drug-likeness (QED) is 0.718. The van der Waals surface area contributed by atoms with Crippen LogP contribution in [-0.2, 0) is 9.53 Å². The van der Waals surface area contributed by atoms with Gasteiger partial charge in [-0.05, 0) is 27.2 Å². The van der Waals surface area contributed by atoms with Crippen LogP contribution in [0.1, 0.15) is 27.2 Å². The number of hydrogen-bond acceptors (Lipinski definition) is 3. The van der Waals surface area contributed by atoms with E-state index in [1.807, 2.05) is 20.8 Å². The minimum absolute atomic E-state index is 0.125. The average molecular weight is 201 g/mol. The zero-order valence-corrected chi connectivity index (χ0v) is 9.06. The van der Waals surface area contributed by atoms with Gasteiger partial charge >= 0.3 is 0 Å². The SMILES string of the molecule is CC(C)O[C@H]1C[C@@H](C)N(C(=O)CO)C1. The van der Waals surface area contributed by atoms with Crippen molar-refractivity contribution >= 4 is 5.91 Å². The van der Waals surface area contributed by atoms with Gasteiger partial charge in [-0.2, -0.15) is 0 Å². The van der Waals surface area contributed by atoms with Crippen LogP contribution in [0.15, 0.2) is 0 Å². The predicted molar refractivity (Wildman–Crippen MR) is 52.9 cm³/mol. The molecule has 0 spiro atoms. The van der Waals surface area contributed by atoms with E-state index in [9.17, 15) is 4.79 Å². The first-order valence-corrected chi connectivity index (χ1v) is 5.10. The molecule has 1 fully saturated rings. The molecule has 4 nitrogen and oxygen atoms in total. The predicted octanol–water partition coefficient (Wildman–Crippen LogP) is 0.393. The van der Waals surface area contributed by atoms with Crippen molar-refractivity contribution in [1.29, 1.82) is 0 Å². The normalized spacial score (nSPS) is 27.4. The number of aliphatic hydroxyl groups is 1. The molecular weight excluding hydrogens is 182 g/mol. The Balaban J connectivity index is 2.47. The summed E-state index contributed by atoms with van der Waals surface area (Å²) in [5, 5.41) is 8.75. The molecule has 1 heterocycles. The lowest BCUT2D eigenvalue weighted by atomic mass is 10.2. The molecule has 1 aliphatic rings. The highest BCUT2D eigenvalue weighted by Gasteiger charge is 2.32. The molecule has 4 heteroatoms. The van der Waals surface area contributed by atoms with Crippen LogP contribution in [0.5, 0.6) is 0 Å². The highest BCUT2D eigenvalue weighted by Crippen LogP contribution is 2.20. The van der Waals surface area contributed by atoms with Gasteiger partial charge in [0.1, 0.15) is 6.61 Å². The highest BCUT2D eigenvalue weighted by atomic mass is 16.5. The monoisotopic (exact) mass is 201 g/mol. The fraction of sp³-hybridized carbons (Fsp3) is 0.900. The van der Waals surface area contributed by atoms with Crippen molar-refractivity contribution in [3.05, 3.63) is 0 Å². The number of hydrogen-bond donors (Lipinski definition) is 1. The fourth-order valence-electron chi connectivity index (χ4n) is 1.90. The molecule has 82 valence electrons. The molecule has 1 rings (SSSR count). The maximum atomic E-state index is 11.3. The van der Waals surface area contributed by atoms with Gasteiger partial charge in [0, 0.05) is 12.6 Å². The second-order valence-electron chi connectivity index (χ2n) is 4.10. The maximum absolute atomic E-state index is 11.3. The fourth-order valence-corrected chi connectivity index (χ4v) is 1.90. The molecule has 0 aromatic carbocycles. The number of amides is 1. The van der Waals surface area contributed by atoms with Gasteiger partial charge in [-0.1, -0.05) is 0 Å². The zero-order valence-electron chi connectivity index (χ0n) is 9.06. The second kappa shape index (κ2) is 4.75. The van der Waals surface area contributed by atoms with Crippen molar-refractivity contribution in [2.45, 2.75) is 45.4 Å². The molecule has 1 saturated heterocycles. The summed E-state index contributed by atoms with van der Waals surface area (Å²) in [6, 6.07) is 0.179. The first-order chi connectivity index (χ1) is 6.54. The minimum atomic E-state index is -0.404. The van der Waals surface area contributed by atoms with Crippen LogP contribution in [0.3, 0.4) is 0 Å². The van der Waals surface area contributed by atoms with Crippen LogP contribution in [0.2, 0.25) is 0 Å². The first-order valence-electron chi connectivity index (χ1n) is 5.10. The van der Waals surface area contributed by atoms with Gasteiger partial charge in [0.05, 0.1) is 12.2 Å². The van der Waals surface area contributed by atoms with Crippen molar-refractivity contribution in [3.63, 3.8) is 0 Å². The van der Waals surface area contributed by atoms with Gasteiger partial charge in [0.25, 0.3) is 0 Å². The molecule has 0 radical (unpaired) electrons. The molecule has 0 unspecified atom stereocenters. The zero-order chi connectivity index (χ0) is 10.7. The van der Waals surface area contributed by atoms with Crippen LogP contribution in [0.25, 0.3) is 0 Å². The number of likely N-dealkylation sites (tertiary alicyclic amines) is 1. The van der Waals surface area contributed by atoms with Crippen molar-refractivity contribution in [2.24, 2.45) is 0 Å². The third-order valence-electron chi connectivity index (χ3n) is 2.46. The lowest BCUT2D eigenvalue weighted by Gasteiger charge is -2.20. The van der Waals surface area contributed by atoms with Crippen molar-refractivity contribution < 1.29 is 14.6 Å². The Morgan fingerprint density at radius 2 is 2.29 bits per heavy atom. The molecule has 0 aromatic rings. The van der Waals surface area contributed by atoms with Crippen molar-refractivity contribution in [3.8, 4) is 0 Å². The van der Waals surface area contributed by atoms with Crippen LogP contribution in [0.4, 0.5) is 0 Å². The van der Waals surface area contributed by atoms with Gasteiger partial charge in [-0.15, -0.1) is 0 Å². The van der Waals surface area contributed by atoms with Crippen LogP contribution < -0.4 is 0 Å². The van der Waals surface area contributed by atoms with Gasteiger partial charge in [-0.3, -0.25) is 4.79 Å². The number of carbonyl (C=O) groups excluding carboxylic acids is 1. The van der Waals surface area contributed by atoms with E-state index in [4.69, 9.17) is 9.84 Å². The summed E-state index contributed by atoms with van der Waals surface area (Å²) in [6.45, 7) is 6.16. The Hall–Kier alpha value is -0.610. The standard InChI is InChI=1S/C10H19NO3/c1-7(2)14-9-4-8(3)11(5-9)10(13)6-12/h7-9,12H,4-6H2,1-3H3/t8-,9+/m1/s1. The Bertz CT molecular complexity index is 206. The second-order valence-corrected chi connectivity index (χ2v) is 4.10. The van der Waals surface area contributed by atoms with Crippen LogP contribution >= 0.6 is 0 Å². The molecule has 1 aliphatic heterocycles. The molecule has 0 saturated carbocycles. The van der Waals surface area contributed by atoms with E-state index in [0.29, 0.717) is 6.54 Å². The average Bonchev–Trinajstić information content (AvgIpc) is 2.44. The van der Waals surface area contributed by atoms with Gasteiger partial charge in [0.15, 0.2) is 0 Å². The molecular formula is C10H19NO3. The van der Waals surface area contributed by atoms with E-state index in [-0.39, 0.29) is 24.2 Å². The molecule has 2 atom stereocenters. The van der Waals surface area contributed by atoms with Crippen LogP contribution in [-0.4, -0.2) is 47.3 Å². The summed E-state index contributed by atoms with van der Waals surface area (Å²) in [7, 11) is 0. The van der Waals surface area contributed by atoms with Gasteiger partial charge in [0.2, 0.25) is 5.91 Å². The lowest BCUT2D eigenvalue weighted by molar-refractivity contribution is -0.135. The Morgan fingerprint density at radius 3 is 2.79 bits per heavy atom. The molecule has 1 amide bonds. The number of nitrogens with zero attached hydrogens (tertiary/aromatic N) is 1. The van der Waals surface area contributed by atoms with E-state index >= 15 is 0 Å². The number of carbonyl (C=O) groups is 1. The van der Waals surface area contributed by atoms with E-state index in [2.05, 4.69) is 0 Å². The number of aliphatic hydroxyl groups excluding tert-OH is 1. The summed E-state index contributed by atoms with van der Waals surface area (Å²) in [5.41, 5.74) is 0. The van der Waals surface area contributed by atoms with Gasteiger partial charge < -0.3 is 14.7 Å². The molecule has 0 aliphatic carbocycles. The molecule has 1 N–H and O–H groups in total.